The minimum atomic E-state index is -0.997. The Morgan fingerprint density at radius 1 is 1.11 bits per heavy atom. The molecule has 0 atom stereocenters. The van der Waals surface area contributed by atoms with E-state index in [1.165, 1.54) is 12.1 Å². The molecule has 0 bridgehead atoms. The van der Waals surface area contributed by atoms with Gasteiger partial charge in [0.1, 0.15) is 5.75 Å². The van der Waals surface area contributed by atoms with Crippen molar-refractivity contribution in [2.45, 2.75) is 13.5 Å². The summed E-state index contributed by atoms with van der Waals surface area (Å²) in [5.74, 6) is -1.59. The van der Waals surface area contributed by atoms with E-state index in [2.05, 4.69) is 0 Å². The number of hydrogen-bond acceptors (Lipinski definition) is 2. The minimum absolute atomic E-state index is 0.140. The molecule has 0 saturated carbocycles. The summed E-state index contributed by atoms with van der Waals surface area (Å²) >= 11 is 0. The fourth-order valence-electron chi connectivity index (χ4n) is 1.69. The first-order chi connectivity index (χ1) is 8.63. The van der Waals surface area contributed by atoms with E-state index in [4.69, 9.17) is 10.5 Å². The van der Waals surface area contributed by atoms with Gasteiger partial charge in [0.25, 0.3) is 0 Å². The third-order valence-electron chi connectivity index (χ3n) is 2.64. The first-order valence-corrected chi connectivity index (χ1v) is 5.54. The number of nitrogens with two attached hydrogens (primary N) is 1. The summed E-state index contributed by atoms with van der Waals surface area (Å²) < 4.78 is 32.1. The molecule has 0 spiro atoms. The van der Waals surface area contributed by atoms with Gasteiger partial charge in [-0.3, -0.25) is 0 Å². The molecule has 0 fully saturated rings. The average molecular weight is 249 g/mol. The highest BCUT2D eigenvalue weighted by molar-refractivity contribution is 5.44. The van der Waals surface area contributed by atoms with E-state index in [-0.39, 0.29) is 12.3 Å². The van der Waals surface area contributed by atoms with E-state index in [1.807, 2.05) is 19.1 Å². The van der Waals surface area contributed by atoms with Crippen LogP contribution >= 0.6 is 0 Å². The van der Waals surface area contributed by atoms with Crippen molar-refractivity contribution in [2.24, 2.45) is 5.73 Å². The Kier molecular flexibility index (Phi) is 3.58. The van der Waals surface area contributed by atoms with Crippen LogP contribution in [-0.2, 0) is 6.54 Å². The minimum Gasteiger partial charge on any atom is -0.454 e. The highest BCUT2D eigenvalue weighted by Crippen LogP contribution is 2.31. The number of halogens is 2. The summed E-state index contributed by atoms with van der Waals surface area (Å²) in [5.41, 5.74) is 7.16. The van der Waals surface area contributed by atoms with E-state index >= 15 is 0 Å². The van der Waals surface area contributed by atoms with Crippen LogP contribution < -0.4 is 10.5 Å². The molecule has 0 aliphatic rings. The first kappa shape index (κ1) is 12.5. The number of hydrogen-bond donors (Lipinski definition) is 1. The van der Waals surface area contributed by atoms with Gasteiger partial charge in [-0.15, -0.1) is 0 Å². The molecule has 2 aromatic carbocycles. The highest BCUT2D eigenvalue weighted by Gasteiger charge is 2.13. The van der Waals surface area contributed by atoms with Crippen LogP contribution in [0.15, 0.2) is 36.4 Å². The van der Waals surface area contributed by atoms with Crippen LogP contribution in [0.2, 0.25) is 0 Å². The molecule has 0 aliphatic heterocycles. The van der Waals surface area contributed by atoms with Gasteiger partial charge in [0, 0.05) is 12.1 Å². The Labute approximate surface area is 104 Å². The second-order valence-corrected chi connectivity index (χ2v) is 3.92. The molecular weight excluding hydrogens is 236 g/mol. The Bertz CT molecular complexity index is 570. The number of rotatable bonds is 3. The molecule has 0 aliphatic carbocycles. The molecule has 94 valence electrons. The van der Waals surface area contributed by atoms with Crippen molar-refractivity contribution in [1.29, 1.82) is 0 Å². The SMILES string of the molecule is Cc1cccc(CN)c1Oc1cccc(F)c1F. The molecular formula is C14H13F2NO. The number of aryl methyl sites for hydroxylation is 1. The van der Waals surface area contributed by atoms with Gasteiger partial charge in [0.2, 0.25) is 5.82 Å². The maximum atomic E-state index is 13.5. The predicted octanol–water partition coefficient (Wildman–Crippen LogP) is 3.52. The largest absolute Gasteiger partial charge is 0.454 e. The maximum absolute atomic E-state index is 13.5. The normalized spacial score (nSPS) is 10.4. The smallest absolute Gasteiger partial charge is 0.201 e. The zero-order chi connectivity index (χ0) is 13.1. The molecule has 4 heteroatoms. The number of para-hydroxylation sites is 1. The third kappa shape index (κ3) is 2.33. The molecule has 2 rings (SSSR count). The Morgan fingerprint density at radius 2 is 1.83 bits per heavy atom. The zero-order valence-corrected chi connectivity index (χ0v) is 9.91. The number of benzene rings is 2. The lowest BCUT2D eigenvalue weighted by Crippen LogP contribution is -2.02. The second-order valence-electron chi connectivity index (χ2n) is 3.92. The lowest BCUT2D eigenvalue weighted by atomic mass is 10.1. The van der Waals surface area contributed by atoms with Crippen molar-refractivity contribution < 1.29 is 13.5 Å². The van der Waals surface area contributed by atoms with Gasteiger partial charge in [-0.2, -0.15) is 4.39 Å². The van der Waals surface area contributed by atoms with Gasteiger partial charge in [0.15, 0.2) is 11.6 Å². The van der Waals surface area contributed by atoms with Gasteiger partial charge in [-0.1, -0.05) is 24.3 Å². The van der Waals surface area contributed by atoms with E-state index in [0.29, 0.717) is 5.75 Å². The zero-order valence-electron chi connectivity index (χ0n) is 9.91. The Hall–Kier alpha value is -1.94. The lowest BCUT2D eigenvalue weighted by Gasteiger charge is -2.13. The quantitative estimate of drug-likeness (QED) is 0.903. The standard InChI is InChI=1S/C14H13F2NO/c1-9-4-2-5-10(8-17)14(9)18-12-7-3-6-11(15)13(12)16/h2-7H,8,17H2,1H3. The molecule has 0 unspecified atom stereocenters. The summed E-state index contributed by atoms with van der Waals surface area (Å²) in [6, 6.07) is 9.28. The van der Waals surface area contributed by atoms with Crippen molar-refractivity contribution >= 4 is 0 Å². The van der Waals surface area contributed by atoms with Crippen LogP contribution in [0, 0.1) is 18.6 Å². The molecule has 0 saturated heterocycles. The summed E-state index contributed by atoms with van der Waals surface area (Å²) in [5, 5.41) is 0. The first-order valence-electron chi connectivity index (χ1n) is 5.54. The number of ether oxygens (including phenoxy) is 1. The molecule has 18 heavy (non-hydrogen) atoms. The van der Waals surface area contributed by atoms with Crippen molar-refractivity contribution in [1.82, 2.24) is 0 Å². The van der Waals surface area contributed by atoms with Gasteiger partial charge in [-0.05, 0) is 24.6 Å². The maximum Gasteiger partial charge on any atom is 0.201 e. The van der Waals surface area contributed by atoms with Crippen LogP contribution in [0.1, 0.15) is 11.1 Å². The fraction of sp³-hybridized carbons (Fsp3) is 0.143. The molecule has 2 N–H and O–H groups in total. The van der Waals surface area contributed by atoms with E-state index in [0.717, 1.165) is 17.2 Å². The highest BCUT2D eigenvalue weighted by atomic mass is 19.2. The van der Waals surface area contributed by atoms with Crippen molar-refractivity contribution in [3.63, 3.8) is 0 Å². The van der Waals surface area contributed by atoms with Gasteiger partial charge in [-0.25, -0.2) is 4.39 Å². The van der Waals surface area contributed by atoms with Crippen molar-refractivity contribution in [2.75, 3.05) is 0 Å². The van der Waals surface area contributed by atoms with Crippen LogP contribution in [0.3, 0.4) is 0 Å². The molecule has 2 aromatic rings. The summed E-state index contributed by atoms with van der Waals surface area (Å²) in [4.78, 5) is 0. The summed E-state index contributed by atoms with van der Waals surface area (Å²) in [6.07, 6.45) is 0. The fourth-order valence-corrected chi connectivity index (χ4v) is 1.69. The van der Waals surface area contributed by atoms with Crippen LogP contribution in [-0.4, -0.2) is 0 Å². The molecule has 0 heterocycles. The van der Waals surface area contributed by atoms with Gasteiger partial charge in [0.05, 0.1) is 0 Å². The van der Waals surface area contributed by atoms with Crippen molar-refractivity contribution in [3.05, 3.63) is 59.2 Å². The molecule has 0 amide bonds. The Balaban J connectivity index is 2.43. The monoisotopic (exact) mass is 249 g/mol. The van der Waals surface area contributed by atoms with E-state index in [1.54, 1.807) is 6.07 Å². The van der Waals surface area contributed by atoms with Gasteiger partial charge < -0.3 is 10.5 Å². The molecule has 2 nitrogen and oxygen atoms in total. The topological polar surface area (TPSA) is 35.2 Å². The second kappa shape index (κ2) is 5.14. The van der Waals surface area contributed by atoms with E-state index in [9.17, 15) is 8.78 Å². The summed E-state index contributed by atoms with van der Waals surface area (Å²) in [7, 11) is 0. The molecule has 0 radical (unpaired) electrons. The van der Waals surface area contributed by atoms with Crippen LogP contribution in [0.5, 0.6) is 11.5 Å². The van der Waals surface area contributed by atoms with Crippen molar-refractivity contribution in [3.8, 4) is 11.5 Å². The van der Waals surface area contributed by atoms with Crippen LogP contribution in [0.4, 0.5) is 8.78 Å². The molecule has 0 aromatic heterocycles. The van der Waals surface area contributed by atoms with Crippen LogP contribution in [0.25, 0.3) is 0 Å². The predicted molar refractivity (Wildman–Crippen MR) is 65.5 cm³/mol. The van der Waals surface area contributed by atoms with Gasteiger partial charge >= 0.3 is 0 Å². The average Bonchev–Trinajstić information content (AvgIpc) is 2.37. The lowest BCUT2D eigenvalue weighted by molar-refractivity contribution is 0.411. The van der Waals surface area contributed by atoms with E-state index < -0.39 is 11.6 Å². The third-order valence-corrected chi connectivity index (χ3v) is 2.64. The summed E-state index contributed by atoms with van der Waals surface area (Å²) in [6.45, 7) is 2.10. The Morgan fingerprint density at radius 3 is 2.56 bits per heavy atom.